The van der Waals surface area contributed by atoms with E-state index in [1.54, 1.807) is 41.3 Å². The largest absolute Gasteiger partial charge is 0.444 e. The highest BCUT2D eigenvalue weighted by atomic mass is 79.9. The maximum absolute atomic E-state index is 12.7. The van der Waals surface area contributed by atoms with Crippen LogP contribution in [0.3, 0.4) is 0 Å². The lowest BCUT2D eigenvalue weighted by atomic mass is 9.96. The summed E-state index contributed by atoms with van der Waals surface area (Å²) >= 11 is 3.17. The number of furan rings is 1. The zero-order valence-electron chi connectivity index (χ0n) is 15.4. The van der Waals surface area contributed by atoms with Gasteiger partial charge in [-0.15, -0.1) is 0 Å². The average molecular weight is 449 g/mol. The van der Waals surface area contributed by atoms with Crippen LogP contribution in [-0.4, -0.2) is 42.3 Å². The Morgan fingerprint density at radius 1 is 1.21 bits per heavy atom. The number of likely N-dealkylation sites (tertiary alicyclic amines) is 1. The van der Waals surface area contributed by atoms with Gasteiger partial charge in [0.1, 0.15) is 5.75 Å². The summed E-state index contributed by atoms with van der Waals surface area (Å²) in [5.41, 5.74) is 0.494. The zero-order valence-corrected chi connectivity index (χ0v) is 17.0. The summed E-state index contributed by atoms with van der Waals surface area (Å²) in [5, 5.41) is 2.88. The minimum Gasteiger partial charge on any atom is -0.444 e. The molecule has 8 heteroatoms. The number of benzene rings is 1. The van der Waals surface area contributed by atoms with Gasteiger partial charge >= 0.3 is 5.97 Å². The Morgan fingerprint density at radius 2 is 1.96 bits per heavy atom. The molecule has 1 aliphatic heterocycles. The van der Waals surface area contributed by atoms with E-state index >= 15 is 0 Å². The molecule has 1 aromatic carbocycles. The van der Waals surface area contributed by atoms with Gasteiger partial charge in [-0.3, -0.25) is 14.4 Å². The summed E-state index contributed by atoms with van der Waals surface area (Å²) in [4.78, 5) is 37.6. The lowest BCUT2D eigenvalue weighted by Gasteiger charge is -2.32. The number of ether oxygens (including phenoxy) is 1. The fourth-order valence-electron chi connectivity index (χ4n) is 3.14. The molecule has 2 aromatic rings. The first-order valence-electron chi connectivity index (χ1n) is 9.03. The maximum Gasteiger partial charge on any atom is 0.308 e. The molecule has 148 valence electrons. The van der Waals surface area contributed by atoms with Crippen LogP contribution in [0.5, 0.6) is 5.75 Å². The van der Waals surface area contributed by atoms with Crippen LogP contribution in [0.4, 0.5) is 0 Å². The smallest absolute Gasteiger partial charge is 0.308 e. The van der Waals surface area contributed by atoms with E-state index in [0.717, 1.165) is 12.8 Å². The lowest BCUT2D eigenvalue weighted by molar-refractivity contribution is -0.131. The summed E-state index contributed by atoms with van der Waals surface area (Å²) in [6, 6.07) is 9.92. The topological polar surface area (TPSA) is 88.9 Å². The highest BCUT2D eigenvalue weighted by molar-refractivity contribution is 9.10. The van der Waals surface area contributed by atoms with Crippen molar-refractivity contribution in [2.75, 3.05) is 19.6 Å². The van der Waals surface area contributed by atoms with Crippen LogP contribution in [0.25, 0.3) is 0 Å². The third-order valence-electron chi connectivity index (χ3n) is 4.59. The van der Waals surface area contributed by atoms with Crippen molar-refractivity contribution in [1.29, 1.82) is 0 Å². The predicted molar refractivity (Wildman–Crippen MR) is 105 cm³/mol. The predicted octanol–water partition coefficient (Wildman–Crippen LogP) is 3.25. The van der Waals surface area contributed by atoms with E-state index in [1.807, 2.05) is 0 Å². The first-order chi connectivity index (χ1) is 13.4. The second kappa shape index (κ2) is 9.05. The van der Waals surface area contributed by atoms with Crippen molar-refractivity contribution < 1.29 is 23.5 Å². The quantitative estimate of drug-likeness (QED) is 0.559. The van der Waals surface area contributed by atoms with Crippen LogP contribution in [-0.2, 0) is 4.79 Å². The number of rotatable bonds is 5. The number of halogens is 1. The van der Waals surface area contributed by atoms with Gasteiger partial charge in [-0.1, -0.05) is 6.07 Å². The standard InChI is InChI=1S/C20H21BrN2O5/c1-13(24)27-16-4-2-3-15(11-16)20(26)23-9-7-14(8-10-23)12-22-19(25)17-5-6-18(21)28-17/h2-6,11,14H,7-10,12H2,1H3,(H,22,25). The van der Waals surface area contributed by atoms with E-state index in [1.165, 1.54) is 6.92 Å². The summed E-state index contributed by atoms with van der Waals surface area (Å²) in [7, 11) is 0. The van der Waals surface area contributed by atoms with Gasteiger partial charge in [0, 0.05) is 32.1 Å². The zero-order chi connectivity index (χ0) is 20.1. The molecule has 0 bridgehead atoms. The van der Waals surface area contributed by atoms with Crippen LogP contribution in [0.1, 0.15) is 40.7 Å². The van der Waals surface area contributed by atoms with Crippen LogP contribution in [0.2, 0.25) is 0 Å². The molecule has 0 aliphatic carbocycles. The molecule has 2 heterocycles. The van der Waals surface area contributed by atoms with Gasteiger partial charge in [-0.25, -0.2) is 0 Å². The van der Waals surface area contributed by atoms with Gasteiger partial charge in [0.05, 0.1) is 0 Å². The lowest BCUT2D eigenvalue weighted by Crippen LogP contribution is -2.41. The molecule has 1 saturated heterocycles. The Kier molecular flexibility index (Phi) is 6.51. The van der Waals surface area contributed by atoms with Crippen LogP contribution < -0.4 is 10.1 Å². The van der Waals surface area contributed by atoms with Gasteiger partial charge < -0.3 is 19.4 Å². The molecule has 3 rings (SSSR count). The third-order valence-corrected chi connectivity index (χ3v) is 5.02. The number of nitrogens with one attached hydrogen (secondary N) is 1. The molecule has 0 saturated carbocycles. The molecule has 1 aromatic heterocycles. The Hall–Kier alpha value is -2.61. The van der Waals surface area contributed by atoms with Gasteiger partial charge in [0.15, 0.2) is 10.4 Å². The minimum absolute atomic E-state index is 0.0862. The Bertz CT molecular complexity index is 871. The number of piperidine rings is 1. The van der Waals surface area contributed by atoms with Gasteiger partial charge in [-0.2, -0.15) is 0 Å². The SMILES string of the molecule is CC(=O)Oc1cccc(C(=O)N2CCC(CNC(=O)c3ccc(Br)o3)CC2)c1. The van der Waals surface area contributed by atoms with E-state index < -0.39 is 5.97 Å². The molecule has 2 amide bonds. The Labute approximate surface area is 171 Å². The number of amides is 2. The van der Waals surface area contributed by atoms with Crippen LogP contribution in [0.15, 0.2) is 45.5 Å². The van der Waals surface area contributed by atoms with Crippen LogP contribution in [0, 0.1) is 5.92 Å². The molecule has 0 atom stereocenters. The van der Waals surface area contributed by atoms with Crippen molar-refractivity contribution in [3.63, 3.8) is 0 Å². The van der Waals surface area contributed by atoms with Crippen molar-refractivity contribution in [3.05, 3.63) is 52.4 Å². The number of carbonyl (C=O) groups is 3. The summed E-state index contributed by atoms with van der Waals surface area (Å²) in [6.07, 6.45) is 1.61. The first kappa shape index (κ1) is 20.1. The van der Waals surface area contributed by atoms with Crippen molar-refractivity contribution in [1.82, 2.24) is 10.2 Å². The van der Waals surface area contributed by atoms with E-state index in [4.69, 9.17) is 9.15 Å². The number of carbonyl (C=O) groups excluding carboxylic acids is 3. The fourth-order valence-corrected chi connectivity index (χ4v) is 3.45. The molecule has 7 nitrogen and oxygen atoms in total. The number of hydrogen-bond acceptors (Lipinski definition) is 5. The van der Waals surface area contributed by atoms with Crippen molar-refractivity contribution >= 4 is 33.7 Å². The molecule has 1 N–H and O–H groups in total. The molecular formula is C20H21BrN2O5. The maximum atomic E-state index is 12.7. The van der Waals surface area contributed by atoms with Gasteiger partial charge in [0.25, 0.3) is 11.8 Å². The molecular weight excluding hydrogens is 428 g/mol. The van der Waals surface area contributed by atoms with Crippen molar-refractivity contribution in [3.8, 4) is 5.75 Å². The Balaban J connectivity index is 1.49. The van der Waals surface area contributed by atoms with E-state index in [2.05, 4.69) is 21.2 Å². The summed E-state index contributed by atoms with van der Waals surface area (Å²) in [5.74, 6) is 0.184. The molecule has 0 radical (unpaired) electrons. The molecule has 0 spiro atoms. The summed E-state index contributed by atoms with van der Waals surface area (Å²) in [6.45, 7) is 3.09. The van der Waals surface area contributed by atoms with Gasteiger partial charge in [-0.05, 0) is 65.0 Å². The van der Waals surface area contributed by atoms with Gasteiger partial charge in [0.2, 0.25) is 0 Å². The highest BCUT2D eigenvalue weighted by Crippen LogP contribution is 2.21. The third kappa shape index (κ3) is 5.22. The van der Waals surface area contributed by atoms with Crippen LogP contribution >= 0.6 is 15.9 Å². The van der Waals surface area contributed by atoms with E-state index in [0.29, 0.717) is 41.5 Å². The highest BCUT2D eigenvalue weighted by Gasteiger charge is 2.24. The van der Waals surface area contributed by atoms with Crippen molar-refractivity contribution in [2.45, 2.75) is 19.8 Å². The fraction of sp³-hybridized carbons (Fsp3) is 0.350. The normalized spacial score (nSPS) is 14.6. The van der Waals surface area contributed by atoms with E-state index in [-0.39, 0.29) is 17.6 Å². The molecule has 1 fully saturated rings. The summed E-state index contributed by atoms with van der Waals surface area (Å²) < 4.78 is 10.8. The van der Waals surface area contributed by atoms with E-state index in [9.17, 15) is 14.4 Å². The van der Waals surface area contributed by atoms with Crippen molar-refractivity contribution in [2.24, 2.45) is 5.92 Å². The number of esters is 1. The first-order valence-corrected chi connectivity index (χ1v) is 9.83. The Morgan fingerprint density at radius 3 is 2.61 bits per heavy atom. The number of nitrogens with zero attached hydrogens (tertiary/aromatic N) is 1. The molecule has 1 aliphatic rings. The average Bonchev–Trinajstić information content (AvgIpc) is 3.12. The molecule has 28 heavy (non-hydrogen) atoms. The second-order valence-corrected chi connectivity index (χ2v) is 7.45. The number of hydrogen-bond donors (Lipinski definition) is 1. The monoisotopic (exact) mass is 448 g/mol. The minimum atomic E-state index is -0.422. The second-order valence-electron chi connectivity index (χ2n) is 6.67. The molecule has 0 unspecified atom stereocenters.